The third-order valence-electron chi connectivity index (χ3n) is 5.18. The number of benzene rings is 2. The van der Waals surface area contributed by atoms with Crippen LogP contribution in [0.4, 0.5) is 0 Å². The summed E-state index contributed by atoms with van der Waals surface area (Å²) in [6, 6.07) is 18.3. The molecule has 4 nitrogen and oxygen atoms in total. The van der Waals surface area contributed by atoms with Crippen molar-refractivity contribution in [1.29, 1.82) is 0 Å². The van der Waals surface area contributed by atoms with E-state index in [4.69, 9.17) is 0 Å². The number of ketones is 1. The molecule has 2 N–H and O–H groups in total. The van der Waals surface area contributed by atoms with Gasteiger partial charge in [0.2, 0.25) is 5.91 Å². The van der Waals surface area contributed by atoms with E-state index in [-0.39, 0.29) is 29.3 Å². The quantitative estimate of drug-likeness (QED) is 0.776. The van der Waals surface area contributed by atoms with Crippen LogP contribution in [0, 0.1) is 11.8 Å². The zero-order valence-corrected chi connectivity index (χ0v) is 16.0. The molecule has 0 bridgehead atoms. The van der Waals surface area contributed by atoms with E-state index in [0.29, 0.717) is 19.4 Å². The van der Waals surface area contributed by atoms with Gasteiger partial charge in [-0.1, -0.05) is 73.7 Å². The average molecular weight is 375 g/mol. The topological polar surface area (TPSA) is 66.4 Å². The van der Waals surface area contributed by atoms with Crippen LogP contribution in [0.2, 0.25) is 0 Å². The van der Waals surface area contributed by atoms with Crippen LogP contribution in [0.5, 0.6) is 0 Å². The second-order valence-electron chi connectivity index (χ2n) is 7.13. The fourth-order valence-corrected chi connectivity index (χ4v) is 3.34. The summed E-state index contributed by atoms with van der Waals surface area (Å²) in [5.74, 6) is -0.900. The van der Waals surface area contributed by atoms with Gasteiger partial charge in [-0.15, -0.1) is 0 Å². The highest BCUT2D eigenvalue weighted by Gasteiger charge is 2.26. The predicted molar refractivity (Wildman–Crippen MR) is 110 cm³/mol. The Bertz CT molecular complexity index is 882. The molecular formula is C24H25NO3. The summed E-state index contributed by atoms with van der Waals surface area (Å²) in [5.41, 5.74) is 3.35. The highest BCUT2D eigenvalue weighted by Crippen LogP contribution is 2.25. The monoisotopic (exact) mass is 375 g/mol. The lowest BCUT2D eigenvalue weighted by atomic mass is 9.87. The molecule has 0 saturated heterocycles. The molecule has 2 aromatic rings. The molecule has 0 aliphatic heterocycles. The van der Waals surface area contributed by atoms with Crippen molar-refractivity contribution in [2.75, 3.05) is 0 Å². The molecule has 0 aromatic heterocycles. The predicted octanol–water partition coefficient (Wildman–Crippen LogP) is 4.58. The molecule has 0 saturated carbocycles. The molecule has 144 valence electrons. The van der Waals surface area contributed by atoms with Crippen molar-refractivity contribution in [2.45, 2.75) is 26.3 Å². The average Bonchev–Trinajstić information content (AvgIpc) is 2.85. The van der Waals surface area contributed by atoms with Gasteiger partial charge in [0.05, 0.1) is 0 Å². The molecule has 2 atom stereocenters. The summed E-state index contributed by atoms with van der Waals surface area (Å²) in [6.07, 6.45) is 5.91. The van der Waals surface area contributed by atoms with E-state index in [2.05, 4.69) is 29.6 Å². The molecule has 0 fully saturated rings. The number of hydrogen-bond donors (Lipinski definition) is 2. The number of carbonyl (C=O) groups excluding carboxylic acids is 2. The zero-order valence-electron chi connectivity index (χ0n) is 16.0. The van der Waals surface area contributed by atoms with E-state index >= 15 is 0 Å². The number of carbonyl (C=O) groups is 2. The van der Waals surface area contributed by atoms with Crippen LogP contribution < -0.4 is 5.32 Å². The van der Waals surface area contributed by atoms with Gasteiger partial charge in [-0.2, -0.15) is 0 Å². The molecule has 1 amide bonds. The van der Waals surface area contributed by atoms with E-state index in [9.17, 15) is 14.7 Å². The number of hydrogen-bond acceptors (Lipinski definition) is 3. The lowest BCUT2D eigenvalue weighted by molar-refractivity contribution is -0.124. The van der Waals surface area contributed by atoms with E-state index in [1.54, 1.807) is 13.0 Å². The van der Waals surface area contributed by atoms with Gasteiger partial charge in [0.1, 0.15) is 0 Å². The highest BCUT2D eigenvalue weighted by atomic mass is 16.3. The Balaban J connectivity index is 1.47. The summed E-state index contributed by atoms with van der Waals surface area (Å²) in [6.45, 7) is 2.27. The molecule has 2 unspecified atom stereocenters. The highest BCUT2D eigenvalue weighted by molar-refractivity contribution is 5.95. The molecule has 1 aliphatic rings. The standard InChI is InChI=1S/C24H25NO3/c1-17-19(8-5-9-22(26)24(17)28)14-15-23(27)25-16-18-10-12-21(13-11-18)20-6-3-2-4-7-20/h2-13,17,19,26H,14-16H2,1H3,(H,25,27). The van der Waals surface area contributed by atoms with Gasteiger partial charge < -0.3 is 10.4 Å². The third kappa shape index (κ3) is 4.97. The molecule has 28 heavy (non-hydrogen) atoms. The van der Waals surface area contributed by atoms with E-state index in [0.717, 1.165) is 11.1 Å². The molecule has 0 heterocycles. The second-order valence-corrected chi connectivity index (χ2v) is 7.13. The van der Waals surface area contributed by atoms with Crippen LogP contribution in [0.1, 0.15) is 25.3 Å². The van der Waals surface area contributed by atoms with Crippen LogP contribution in [0.25, 0.3) is 11.1 Å². The lowest BCUT2D eigenvalue weighted by Crippen LogP contribution is -2.25. The Morgan fingerprint density at radius 1 is 1.04 bits per heavy atom. The minimum Gasteiger partial charge on any atom is -0.504 e. The van der Waals surface area contributed by atoms with Gasteiger partial charge >= 0.3 is 0 Å². The van der Waals surface area contributed by atoms with Gasteiger partial charge in [-0.05, 0) is 35.1 Å². The van der Waals surface area contributed by atoms with Gasteiger partial charge in [0, 0.05) is 18.9 Å². The summed E-state index contributed by atoms with van der Waals surface area (Å²) in [7, 11) is 0. The molecule has 0 radical (unpaired) electrons. The minimum atomic E-state index is -0.326. The van der Waals surface area contributed by atoms with Crippen molar-refractivity contribution >= 4 is 11.7 Å². The summed E-state index contributed by atoms with van der Waals surface area (Å²) in [4.78, 5) is 24.2. The Labute approximate surface area is 165 Å². The number of aliphatic hydroxyl groups is 1. The van der Waals surface area contributed by atoms with Crippen molar-refractivity contribution in [3.05, 3.63) is 84.1 Å². The molecule has 2 aromatic carbocycles. The van der Waals surface area contributed by atoms with Gasteiger partial charge in [-0.3, -0.25) is 9.59 Å². The number of allylic oxidation sites excluding steroid dienone is 4. The van der Waals surface area contributed by atoms with Crippen molar-refractivity contribution < 1.29 is 14.7 Å². The van der Waals surface area contributed by atoms with E-state index < -0.39 is 0 Å². The number of rotatable bonds is 6. The van der Waals surface area contributed by atoms with Crippen molar-refractivity contribution in [3.63, 3.8) is 0 Å². The van der Waals surface area contributed by atoms with Crippen molar-refractivity contribution in [1.82, 2.24) is 5.32 Å². The first-order chi connectivity index (χ1) is 13.5. The maximum atomic E-state index is 12.2. The van der Waals surface area contributed by atoms with Crippen LogP contribution >= 0.6 is 0 Å². The maximum absolute atomic E-state index is 12.2. The smallest absolute Gasteiger partial charge is 0.220 e. The van der Waals surface area contributed by atoms with Crippen molar-refractivity contribution in [2.24, 2.45) is 11.8 Å². The fourth-order valence-electron chi connectivity index (χ4n) is 3.34. The molecule has 1 aliphatic carbocycles. The third-order valence-corrected chi connectivity index (χ3v) is 5.18. The normalized spacial score (nSPS) is 19.0. The number of amides is 1. The summed E-state index contributed by atoms with van der Waals surface area (Å²) in [5, 5.41) is 12.5. The largest absolute Gasteiger partial charge is 0.504 e. The van der Waals surface area contributed by atoms with Gasteiger partial charge in [0.15, 0.2) is 11.5 Å². The number of nitrogens with one attached hydrogen (secondary N) is 1. The first kappa shape index (κ1) is 19.6. The first-order valence-corrected chi connectivity index (χ1v) is 9.57. The summed E-state index contributed by atoms with van der Waals surface area (Å²) < 4.78 is 0. The second kappa shape index (κ2) is 9.18. The number of aliphatic hydroxyl groups excluding tert-OH is 1. The Morgan fingerprint density at radius 3 is 2.43 bits per heavy atom. The van der Waals surface area contributed by atoms with Crippen molar-refractivity contribution in [3.8, 4) is 11.1 Å². The SMILES string of the molecule is CC1C(=O)C(O)=CC=CC1CCC(=O)NCc1ccc(-c2ccccc2)cc1. The van der Waals surface area contributed by atoms with E-state index in [1.807, 2.05) is 36.4 Å². The lowest BCUT2D eigenvalue weighted by Gasteiger charge is -2.18. The maximum Gasteiger partial charge on any atom is 0.220 e. The minimum absolute atomic E-state index is 0.0402. The Hall–Kier alpha value is -3.14. The van der Waals surface area contributed by atoms with Crippen LogP contribution in [0.3, 0.4) is 0 Å². The Morgan fingerprint density at radius 2 is 1.71 bits per heavy atom. The molecule has 3 rings (SSSR count). The summed E-state index contributed by atoms with van der Waals surface area (Å²) >= 11 is 0. The molecule has 0 spiro atoms. The molecule has 4 heteroatoms. The fraction of sp³-hybridized carbons (Fsp3) is 0.250. The molecular weight excluding hydrogens is 350 g/mol. The van der Waals surface area contributed by atoms with Gasteiger partial charge in [-0.25, -0.2) is 0 Å². The van der Waals surface area contributed by atoms with Crippen LogP contribution in [-0.2, 0) is 16.1 Å². The first-order valence-electron chi connectivity index (χ1n) is 9.57. The van der Waals surface area contributed by atoms with Gasteiger partial charge in [0.25, 0.3) is 0 Å². The number of Topliss-reactive ketones (excluding diaryl/α,β-unsaturated/α-hetero) is 1. The van der Waals surface area contributed by atoms with Crippen LogP contribution in [0.15, 0.2) is 78.6 Å². The van der Waals surface area contributed by atoms with E-state index in [1.165, 1.54) is 11.6 Å². The van der Waals surface area contributed by atoms with Crippen LogP contribution in [-0.4, -0.2) is 16.8 Å². The zero-order chi connectivity index (χ0) is 19.9. The Kier molecular flexibility index (Phi) is 6.43.